The molecule has 0 radical (unpaired) electrons. The number of carboxylic acid groups (broad SMARTS) is 1. The van der Waals surface area contributed by atoms with Gasteiger partial charge < -0.3 is 39.0 Å². The van der Waals surface area contributed by atoms with E-state index in [9.17, 15) is 34.5 Å². The second-order valence-electron chi connectivity index (χ2n) is 19.9. The van der Waals surface area contributed by atoms with Crippen LogP contribution >= 0.6 is 0 Å². The van der Waals surface area contributed by atoms with Gasteiger partial charge in [0, 0.05) is 19.3 Å². The largest absolute Gasteiger partial charge is 0.479 e. The molecule has 0 aliphatic carbocycles. The van der Waals surface area contributed by atoms with E-state index in [0.717, 1.165) is 103 Å². The summed E-state index contributed by atoms with van der Waals surface area (Å²) in [4.78, 5) is 51.0. The topological polar surface area (TPSA) is 175 Å². The lowest BCUT2D eigenvalue weighted by Gasteiger charge is -2.40. The SMILES string of the molecule is CCCC/C=C\CCCCCCCC(=O)OC(COC(=O)CCCCCCCCCCCCCCCCC)COC1OC(C(=O)O)C(O)C(O)C1OC(=O)CCCCCCC/C=C\C/C=C\CCCCC. The number of hydrogen-bond donors (Lipinski definition) is 3. The van der Waals surface area contributed by atoms with Crippen LogP contribution in [0.15, 0.2) is 36.5 Å². The standard InChI is InChI=1S/C59H104O12/c1-4-7-10-13-16-19-22-24-26-28-31-33-36-39-42-45-51(60)67-48-50(69-52(61)46-43-40-37-34-30-21-18-15-12-9-6-3)49-68-59-57(55(64)54(63)56(71-59)58(65)66)70-53(62)47-44-41-38-35-32-29-27-25-23-20-17-14-11-8-5-2/h15,17-18,20,25,27,50,54-57,59,63-64H,4-14,16,19,21-24,26,28-49H2,1-3H3,(H,65,66)/b18-15-,20-17-,27-25-. The van der Waals surface area contributed by atoms with Crippen LogP contribution in [0.4, 0.5) is 0 Å². The highest BCUT2D eigenvalue weighted by Crippen LogP contribution is 2.26. The Balaban J connectivity index is 2.69. The maximum Gasteiger partial charge on any atom is 0.335 e. The second-order valence-corrected chi connectivity index (χ2v) is 19.9. The van der Waals surface area contributed by atoms with Crippen molar-refractivity contribution in [3.05, 3.63) is 36.5 Å². The van der Waals surface area contributed by atoms with E-state index in [1.807, 2.05) is 0 Å². The molecule has 12 nitrogen and oxygen atoms in total. The number of aliphatic hydroxyl groups excluding tert-OH is 2. The molecular weight excluding hydrogens is 901 g/mol. The summed E-state index contributed by atoms with van der Waals surface area (Å²) in [7, 11) is 0. The summed E-state index contributed by atoms with van der Waals surface area (Å²) in [6.07, 6.45) is 42.6. The van der Waals surface area contributed by atoms with Gasteiger partial charge in [-0.05, 0) is 70.6 Å². The van der Waals surface area contributed by atoms with Crippen molar-refractivity contribution >= 4 is 23.9 Å². The summed E-state index contributed by atoms with van der Waals surface area (Å²) in [5.41, 5.74) is 0. The first-order chi connectivity index (χ1) is 34.6. The predicted molar refractivity (Wildman–Crippen MR) is 285 cm³/mol. The van der Waals surface area contributed by atoms with Crippen LogP contribution in [-0.4, -0.2) is 89.2 Å². The summed E-state index contributed by atoms with van der Waals surface area (Å²) in [5.74, 6) is -3.13. The van der Waals surface area contributed by atoms with Gasteiger partial charge in [0.25, 0.3) is 0 Å². The van der Waals surface area contributed by atoms with Crippen LogP contribution in [0, 0.1) is 0 Å². The van der Waals surface area contributed by atoms with Crippen LogP contribution in [0.25, 0.3) is 0 Å². The van der Waals surface area contributed by atoms with Crippen LogP contribution in [0.5, 0.6) is 0 Å². The Labute approximate surface area is 431 Å². The zero-order chi connectivity index (χ0) is 51.8. The van der Waals surface area contributed by atoms with E-state index in [1.54, 1.807) is 0 Å². The second kappa shape index (κ2) is 47.9. The number of aliphatic carboxylic acids is 1. The van der Waals surface area contributed by atoms with Gasteiger partial charge in [-0.2, -0.15) is 0 Å². The predicted octanol–water partition coefficient (Wildman–Crippen LogP) is 14.5. The number of unbranched alkanes of at least 4 members (excludes halogenated alkanes) is 29. The van der Waals surface area contributed by atoms with Crippen molar-refractivity contribution in [2.24, 2.45) is 0 Å². The minimum atomic E-state index is -1.91. The third-order valence-corrected chi connectivity index (χ3v) is 13.2. The van der Waals surface area contributed by atoms with Crippen LogP contribution in [0.1, 0.15) is 265 Å². The summed E-state index contributed by atoms with van der Waals surface area (Å²) < 4.78 is 28.4. The summed E-state index contributed by atoms with van der Waals surface area (Å²) >= 11 is 0. The number of rotatable bonds is 49. The first kappa shape index (κ1) is 66.0. The number of ether oxygens (including phenoxy) is 5. The minimum absolute atomic E-state index is 0.0462. The Bertz CT molecular complexity index is 1380. The number of aliphatic hydroxyl groups is 2. The molecule has 0 bridgehead atoms. The number of carbonyl (C=O) groups is 4. The molecule has 1 heterocycles. The van der Waals surface area contributed by atoms with Gasteiger partial charge in [-0.3, -0.25) is 14.4 Å². The molecule has 1 saturated heterocycles. The van der Waals surface area contributed by atoms with Gasteiger partial charge >= 0.3 is 23.9 Å². The van der Waals surface area contributed by atoms with E-state index in [4.69, 9.17) is 23.7 Å². The molecule has 71 heavy (non-hydrogen) atoms. The average Bonchev–Trinajstić information content (AvgIpc) is 3.35. The lowest BCUT2D eigenvalue weighted by Crippen LogP contribution is -2.61. The highest BCUT2D eigenvalue weighted by atomic mass is 16.7. The molecular formula is C59H104O12. The average molecular weight is 1010 g/mol. The zero-order valence-corrected chi connectivity index (χ0v) is 45.2. The van der Waals surface area contributed by atoms with Gasteiger partial charge in [-0.25, -0.2) is 4.79 Å². The molecule has 412 valence electrons. The van der Waals surface area contributed by atoms with Crippen molar-refractivity contribution in [3.8, 4) is 0 Å². The molecule has 0 amide bonds. The van der Waals surface area contributed by atoms with Crippen LogP contribution in [-0.2, 0) is 42.9 Å². The molecule has 0 aromatic rings. The van der Waals surface area contributed by atoms with Crippen molar-refractivity contribution in [1.82, 2.24) is 0 Å². The molecule has 1 aliphatic heterocycles. The molecule has 3 N–H and O–H groups in total. The summed E-state index contributed by atoms with van der Waals surface area (Å²) in [6.45, 7) is 5.92. The Hall–Kier alpha value is -3.06. The molecule has 6 unspecified atom stereocenters. The lowest BCUT2D eigenvalue weighted by atomic mass is 9.98. The molecule has 1 rings (SSSR count). The fourth-order valence-electron chi connectivity index (χ4n) is 8.67. The third-order valence-electron chi connectivity index (χ3n) is 13.2. The smallest absolute Gasteiger partial charge is 0.335 e. The highest BCUT2D eigenvalue weighted by Gasteiger charge is 2.50. The Morgan fingerprint density at radius 3 is 1.35 bits per heavy atom. The van der Waals surface area contributed by atoms with Crippen molar-refractivity contribution in [1.29, 1.82) is 0 Å². The maximum absolute atomic E-state index is 13.1. The summed E-state index contributed by atoms with van der Waals surface area (Å²) in [5, 5.41) is 31.4. The van der Waals surface area contributed by atoms with Crippen molar-refractivity contribution in [3.63, 3.8) is 0 Å². The van der Waals surface area contributed by atoms with Gasteiger partial charge in [-0.15, -0.1) is 0 Å². The molecule has 0 aromatic heterocycles. The van der Waals surface area contributed by atoms with E-state index in [2.05, 4.69) is 57.2 Å². The Morgan fingerprint density at radius 1 is 0.465 bits per heavy atom. The summed E-state index contributed by atoms with van der Waals surface area (Å²) in [6, 6.07) is 0. The van der Waals surface area contributed by atoms with Gasteiger partial charge in [-0.1, -0.05) is 211 Å². The number of hydrogen-bond acceptors (Lipinski definition) is 11. The number of carboxylic acids is 1. The van der Waals surface area contributed by atoms with E-state index < -0.39 is 67.3 Å². The van der Waals surface area contributed by atoms with Crippen LogP contribution < -0.4 is 0 Å². The Morgan fingerprint density at radius 2 is 0.859 bits per heavy atom. The van der Waals surface area contributed by atoms with Crippen molar-refractivity contribution in [2.45, 2.75) is 302 Å². The fraction of sp³-hybridized carbons (Fsp3) is 0.831. The van der Waals surface area contributed by atoms with Gasteiger partial charge in [0.2, 0.25) is 0 Å². The molecule has 6 atom stereocenters. The third kappa shape index (κ3) is 38.2. The van der Waals surface area contributed by atoms with E-state index in [1.165, 1.54) is 103 Å². The number of carbonyl (C=O) groups excluding carboxylic acids is 3. The van der Waals surface area contributed by atoms with Crippen molar-refractivity contribution < 1.29 is 58.2 Å². The number of esters is 3. The zero-order valence-electron chi connectivity index (χ0n) is 45.2. The highest BCUT2D eigenvalue weighted by molar-refractivity contribution is 5.74. The van der Waals surface area contributed by atoms with Crippen LogP contribution in [0.3, 0.4) is 0 Å². The van der Waals surface area contributed by atoms with Gasteiger partial charge in [0.05, 0.1) is 6.61 Å². The fourth-order valence-corrected chi connectivity index (χ4v) is 8.67. The monoisotopic (exact) mass is 1000 g/mol. The quantitative estimate of drug-likeness (QED) is 0.0228. The molecule has 0 aromatic carbocycles. The first-order valence-corrected chi connectivity index (χ1v) is 29.0. The van der Waals surface area contributed by atoms with Gasteiger partial charge in [0.15, 0.2) is 24.6 Å². The first-order valence-electron chi connectivity index (χ1n) is 29.0. The molecule has 12 heteroatoms. The molecule has 0 spiro atoms. The minimum Gasteiger partial charge on any atom is -0.479 e. The van der Waals surface area contributed by atoms with Crippen molar-refractivity contribution in [2.75, 3.05) is 13.2 Å². The lowest BCUT2D eigenvalue weighted by molar-refractivity contribution is -0.301. The molecule has 1 fully saturated rings. The number of allylic oxidation sites excluding steroid dienone is 6. The Kier molecular flexibility index (Phi) is 44.5. The van der Waals surface area contributed by atoms with Crippen LogP contribution in [0.2, 0.25) is 0 Å². The van der Waals surface area contributed by atoms with Gasteiger partial charge in [0.1, 0.15) is 18.8 Å². The molecule has 0 saturated carbocycles. The normalized spacial score (nSPS) is 18.7. The van der Waals surface area contributed by atoms with E-state index in [0.29, 0.717) is 19.3 Å². The van der Waals surface area contributed by atoms with E-state index >= 15 is 0 Å². The molecule has 1 aliphatic rings. The van der Waals surface area contributed by atoms with E-state index in [-0.39, 0.29) is 25.9 Å². The maximum atomic E-state index is 13.1.